The number of hydrogen-bond acceptors (Lipinski definition) is 7. The minimum absolute atomic E-state index is 0.0535. The minimum atomic E-state index is -1.03. The number of carbonyl (C=O) groups is 1. The Morgan fingerprint density at radius 2 is 1.83 bits per heavy atom. The predicted octanol–water partition coefficient (Wildman–Crippen LogP) is 3.39. The van der Waals surface area contributed by atoms with Gasteiger partial charge in [0, 0.05) is 36.2 Å². The van der Waals surface area contributed by atoms with Gasteiger partial charge in [-0.15, -0.1) is 0 Å². The van der Waals surface area contributed by atoms with E-state index in [2.05, 4.69) is 5.32 Å². The first-order chi connectivity index (χ1) is 14.3. The molecule has 0 aromatic heterocycles. The summed E-state index contributed by atoms with van der Waals surface area (Å²) in [6, 6.07) is 6.90. The lowest BCUT2D eigenvalue weighted by Gasteiger charge is -2.50. The van der Waals surface area contributed by atoms with E-state index in [-0.39, 0.29) is 5.69 Å². The lowest BCUT2D eigenvalue weighted by atomic mass is 9.90. The van der Waals surface area contributed by atoms with E-state index in [1.165, 1.54) is 38.4 Å². The van der Waals surface area contributed by atoms with Crippen molar-refractivity contribution < 1.29 is 28.7 Å². The number of benzene rings is 2. The van der Waals surface area contributed by atoms with Gasteiger partial charge < -0.3 is 24.3 Å². The lowest BCUT2D eigenvalue weighted by Crippen LogP contribution is -2.65. The number of amides is 2. The third-order valence-corrected chi connectivity index (χ3v) is 5.37. The van der Waals surface area contributed by atoms with E-state index in [0.29, 0.717) is 40.7 Å². The SMILES string of the molecule is COc1cc(N2C(=O)N[C@@H]3C[C@@]2(C)Oc2ccc([N+](=O)[O-])cc23)cc(OC)c1OC. The van der Waals surface area contributed by atoms with E-state index in [1.807, 2.05) is 0 Å². The van der Waals surface area contributed by atoms with Crippen molar-refractivity contribution >= 4 is 17.4 Å². The van der Waals surface area contributed by atoms with Gasteiger partial charge in [0.25, 0.3) is 5.69 Å². The molecular formula is C20H21N3O7. The molecule has 1 saturated heterocycles. The second-order valence-corrected chi connectivity index (χ2v) is 7.18. The summed E-state index contributed by atoms with van der Waals surface area (Å²) in [5.41, 5.74) is -0.00376. The van der Waals surface area contributed by atoms with Crippen LogP contribution in [0.5, 0.6) is 23.0 Å². The fraction of sp³-hybridized carbons (Fsp3) is 0.350. The van der Waals surface area contributed by atoms with E-state index in [9.17, 15) is 14.9 Å². The summed E-state index contributed by atoms with van der Waals surface area (Å²) in [5.74, 6) is 1.69. The normalized spacial score (nSPS) is 21.8. The van der Waals surface area contributed by atoms with Crippen molar-refractivity contribution in [2.75, 3.05) is 26.2 Å². The molecule has 158 valence electrons. The van der Waals surface area contributed by atoms with Crippen molar-refractivity contribution in [3.05, 3.63) is 46.0 Å². The number of nitro benzene ring substituents is 1. The van der Waals surface area contributed by atoms with Crippen molar-refractivity contribution in [2.45, 2.75) is 25.1 Å². The first-order valence-electron chi connectivity index (χ1n) is 9.19. The van der Waals surface area contributed by atoms with Crippen molar-refractivity contribution in [2.24, 2.45) is 0 Å². The first-order valence-corrected chi connectivity index (χ1v) is 9.19. The highest BCUT2D eigenvalue weighted by molar-refractivity contribution is 5.95. The van der Waals surface area contributed by atoms with Crippen LogP contribution in [0, 0.1) is 10.1 Å². The molecule has 2 aromatic rings. The average Bonchev–Trinajstić information content (AvgIpc) is 2.71. The molecule has 1 fully saturated rings. The Morgan fingerprint density at radius 3 is 2.40 bits per heavy atom. The molecule has 10 nitrogen and oxygen atoms in total. The van der Waals surface area contributed by atoms with Crippen LogP contribution in [0.1, 0.15) is 24.9 Å². The number of carbonyl (C=O) groups excluding carboxylic acids is 1. The molecule has 10 heteroatoms. The highest BCUT2D eigenvalue weighted by Gasteiger charge is 2.50. The molecule has 0 unspecified atom stereocenters. The van der Waals surface area contributed by atoms with Crippen LogP contribution in [0.15, 0.2) is 30.3 Å². The van der Waals surface area contributed by atoms with Gasteiger partial charge in [-0.2, -0.15) is 0 Å². The summed E-state index contributed by atoms with van der Waals surface area (Å²) in [4.78, 5) is 25.2. The second kappa shape index (κ2) is 6.97. The Labute approximate surface area is 172 Å². The van der Waals surface area contributed by atoms with Crippen molar-refractivity contribution in [3.8, 4) is 23.0 Å². The zero-order valence-electron chi connectivity index (χ0n) is 16.9. The van der Waals surface area contributed by atoms with Gasteiger partial charge in [0.15, 0.2) is 17.2 Å². The Balaban J connectivity index is 1.80. The third kappa shape index (κ3) is 2.92. The van der Waals surface area contributed by atoms with E-state index in [0.717, 1.165) is 0 Å². The Morgan fingerprint density at radius 1 is 1.17 bits per heavy atom. The summed E-state index contributed by atoms with van der Waals surface area (Å²) >= 11 is 0. The standard InChI is InChI=1S/C20H21N3O7/c1-20-10-14(13-7-11(23(25)26)5-6-15(13)30-20)21-19(24)22(20)12-8-16(27-2)18(29-4)17(9-12)28-3/h5-9,14H,10H2,1-4H3,(H,21,24)/t14-,20-/m1/s1. The molecule has 0 aliphatic carbocycles. The highest BCUT2D eigenvalue weighted by atomic mass is 16.6. The van der Waals surface area contributed by atoms with Crippen LogP contribution in [0.25, 0.3) is 0 Å². The maximum atomic E-state index is 13.1. The summed E-state index contributed by atoms with van der Waals surface area (Å²) in [5, 5.41) is 14.1. The smallest absolute Gasteiger partial charge is 0.325 e. The van der Waals surface area contributed by atoms with Crippen molar-refractivity contribution in [1.82, 2.24) is 5.32 Å². The fourth-order valence-corrected chi connectivity index (χ4v) is 4.06. The Kier molecular flexibility index (Phi) is 4.56. The van der Waals surface area contributed by atoms with Crippen molar-refractivity contribution in [3.63, 3.8) is 0 Å². The maximum Gasteiger partial charge on any atom is 0.325 e. The molecule has 1 N–H and O–H groups in total. The van der Waals surface area contributed by atoms with Crippen LogP contribution >= 0.6 is 0 Å². The molecule has 2 heterocycles. The first kappa shape index (κ1) is 19.6. The maximum absolute atomic E-state index is 13.1. The van der Waals surface area contributed by atoms with Crippen LogP contribution in [0.2, 0.25) is 0 Å². The van der Waals surface area contributed by atoms with E-state index in [1.54, 1.807) is 25.1 Å². The van der Waals surface area contributed by atoms with E-state index < -0.39 is 22.7 Å². The number of nitro groups is 1. The Hall–Kier alpha value is -3.69. The second-order valence-electron chi connectivity index (χ2n) is 7.18. The summed E-state index contributed by atoms with van der Waals surface area (Å²) < 4.78 is 22.4. The van der Waals surface area contributed by atoms with Crippen molar-refractivity contribution in [1.29, 1.82) is 0 Å². The molecule has 2 aliphatic heterocycles. The van der Waals surface area contributed by atoms with Crippen LogP contribution < -0.4 is 29.2 Å². The van der Waals surface area contributed by atoms with Gasteiger partial charge in [-0.25, -0.2) is 4.79 Å². The largest absolute Gasteiger partial charge is 0.493 e. The quantitative estimate of drug-likeness (QED) is 0.588. The number of fused-ring (bicyclic) bond motifs is 4. The monoisotopic (exact) mass is 415 g/mol. The number of nitrogens with one attached hydrogen (secondary N) is 1. The number of hydrogen-bond donors (Lipinski definition) is 1. The molecule has 4 rings (SSSR count). The fourth-order valence-electron chi connectivity index (χ4n) is 4.06. The van der Waals surface area contributed by atoms with Gasteiger partial charge in [-0.3, -0.25) is 15.0 Å². The molecule has 0 radical (unpaired) electrons. The third-order valence-electron chi connectivity index (χ3n) is 5.37. The van der Waals surface area contributed by atoms with E-state index >= 15 is 0 Å². The van der Waals surface area contributed by atoms with Gasteiger partial charge in [-0.05, 0) is 13.0 Å². The predicted molar refractivity (Wildman–Crippen MR) is 107 cm³/mol. The van der Waals surface area contributed by atoms with Crippen LogP contribution in [-0.4, -0.2) is 38.0 Å². The highest BCUT2D eigenvalue weighted by Crippen LogP contribution is 2.49. The number of rotatable bonds is 5. The summed E-state index contributed by atoms with van der Waals surface area (Å²) in [7, 11) is 4.49. The average molecular weight is 415 g/mol. The molecule has 2 aromatic carbocycles. The molecule has 0 spiro atoms. The molecule has 2 amide bonds. The zero-order valence-corrected chi connectivity index (χ0v) is 16.9. The van der Waals surface area contributed by atoms with Gasteiger partial charge in [0.1, 0.15) is 5.75 Å². The number of ether oxygens (including phenoxy) is 4. The van der Waals surface area contributed by atoms with Crippen LogP contribution in [-0.2, 0) is 0 Å². The van der Waals surface area contributed by atoms with Crippen LogP contribution in [0.3, 0.4) is 0 Å². The van der Waals surface area contributed by atoms with Crippen LogP contribution in [0.4, 0.5) is 16.2 Å². The molecule has 30 heavy (non-hydrogen) atoms. The molecule has 2 bridgehead atoms. The zero-order chi connectivity index (χ0) is 21.6. The number of anilines is 1. The summed E-state index contributed by atoms with van der Waals surface area (Å²) in [6.45, 7) is 1.80. The molecule has 0 saturated carbocycles. The van der Waals surface area contributed by atoms with Gasteiger partial charge in [0.05, 0.1) is 38.0 Å². The number of methoxy groups -OCH3 is 3. The molecule has 2 aliphatic rings. The minimum Gasteiger partial charge on any atom is -0.493 e. The number of nitrogens with zero attached hydrogens (tertiary/aromatic N) is 2. The number of urea groups is 1. The summed E-state index contributed by atoms with van der Waals surface area (Å²) in [6.07, 6.45) is 0.392. The lowest BCUT2D eigenvalue weighted by molar-refractivity contribution is -0.385. The number of non-ortho nitro benzene ring substituents is 1. The molecule has 2 atom stereocenters. The van der Waals surface area contributed by atoms with E-state index in [4.69, 9.17) is 18.9 Å². The van der Waals surface area contributed by atoms with Gasteiger partial charge in [-0.1, -0.05) is 0 Å². The molecular weight excluding hydrogens is 394 g/mol. The van der Waals surface area contributed by atoms with Gasteiger partial charge >= 0.3 is 6.03 Å². The van der Waals surface area contributed by atoms with Gasteiger partial charge in [0.2, 0.25) is 5.75 Å². The topological polar surface area (TPSA) is 112 Å². The Bertz CT molecular complexity index is 1020.